The van der Waals surface area contributed by atoms with Crippen LogP contribution in [0.25, 0.3) is 0 Å². The second kappa shape index (κ2) is 8.76. The van der Waals surface area contributed by atoms with Gasteiger partial charge in [0, 0.05) is 19.1 Å². The first kappa shape index (κ1) is 21.9. The summed E-state index contributed by atoms with van der Waals surface area (Å²) < 4.78 is 45.1. The van der Waals surface area contributed by atoms with Crippen molar-refractivity contribution in [3.8, 4) is 5.75 Å². The van der Waals surface area contributed by atoms with E-state index in [1.54, 1.807) is 0 Å². The van der Waals surface area contributed by atoms with Crippen LogP contribution >= 0.6 is 0 Å². The third kappa shape index (κ3) is 5.82. The number of hydrogen-bond acceptors (Lipinski definition) is 10. The number of carbonyl (C=O) groups excluding carboxylic acids is 1. The molecule has 1 amide bonds. The minimum atomic E-state index is -4.83. The number of benzene rings is 1. The van der Waals surface area contributed by atoms with Crippen molar-refractivity contribution < 1.29 is 46.6 Å². The molecule has 0 spiro atoms. The highest BCUT2D eigenvalue weighted by molar-refractivity contribution is 7.80. The van der Waals surface area contributed by atoms with Crippen LogP contribution in [0.15, 0.2) is 24.3 Å². The number of nitro groups is 1. The zero-order chi connectivity index (χ0) is 21.1. The number of nitrogens with zero attached hydrogens (tertiary/aromatic N) is 1. The van der Waals surface area contributed by atoms with E-state index in [1.807, 2.05) is 0 Å². The Morgan fingerprint density at radius 2 is 1.89 bits per heavy atom. The summed E-state index contributed by atoms with van der Waals surface area (Å²) in [7, 11) is -4.83. The molecule has 0 aromatic heterocycles. The van der Waals surface area contributed by atoms with Crippen molar-refractivity contribution in [2.75, 3.05) is 6.61 Å². The molecule has 0 radical (unpaired) electrons. The van der Waals surface area contributed by atoms with Crippen LogP contribution in [0.5, 0.6) is 5.75 Å². The van der Waals surface area contributed by atoms with Gasteiger partial charge in [0.25, 0.3) is 5.69 Å². The normalized spacial score (nSPS) is 27.8. The Kier molecular flexibility index (Phi) is 6.87. The fourth-order valence-corrected chi connectivity index (χ4v) is 2.80. The molecule has 0 saturated carbocycles. The van der Waals surface area contributed by atoms with Crippen molar-refractivity contribution in [3.05, 3.63) is 34.4 Å². The second-order valence-electron chi connectivity index (χ2n) is 5.83. The Labute approximate surface area is 158 Å². The van der Waals surface area contributed by atoms with Gasteiger partial charge in [-0.15, -0.1) is 0 Å². The summed E-state index contributed by atoms with van der Waals surface area (Å²) in [5.41, 5.74) is -0.204. The zero-order valence-electron chi connectivity index (χ0n) is 14.4. The van der Waals surface area contributed by atoms with E-state index in [-0.39, 0.29) is 11.4 Å². The number of aliphatic hydroxyl groups is 2. The van der Waals surface area contributed by atoms with Crippen molar-refractivity contribution in [3.63, 3.8) is 0 Å². The van der Waals surface area contributed by atoms with Crippen molar-refractivity contribution in [1.29, 1.82) is 0 Å². The lowest BCUT2D eigenvalue weighted by atomic mass is 9.97. The van der Waals surface area contributed by atoms with E-state index in [0.29, 0.717) is 0 Å². The van der Waals surface area contributed by atoms with Crippen molar-refractivity contribution in [2.24, 2.45) is 0 Å². The lowest BCUT2D eigenvalue weighted by Gasteiger charge is -2.42. The summed E-state index contributed by atoms with van der Waals surface area (Å²) in [5, 5.41) is 33.4. The van der Waals surface area contributed by atoms with Gasteiger partial charge in [0.15, 0.2) is 0 Å². The molecule has 1 fully saturated rings. The van der Waals surface area contributed by atoms with Gasteiger partial charge in [-0.05, 0) is 12.1 Å². The average molecular weight is 422 g/mol. The monoisotopic (exact) mass is 422 g/mol. The molecule has 14 heteroatoms. The van der Waals surface area contributed by atoms with Gasteiger partial charge in [0.1, 0.15) is 30.1 Å². The first-order chi connectivity index (χ1) is 13.0. The molecule has 1 aromatic rings. The fourth-order valence-electron chi connectivity index (χ4n) is 2.49. The molecular weight excluding hydrogens is 404 g/mol. The molecule has 1 aliphatic heterocycles. The summed E-state index contributed by atoms with van der Waals surface area (Å²) in [6.45, 7) is 0.305. The average Bonchev–Trinajstić information content (AvgIpc) is 2.59. The van der Waals surface area contributed by atoms with E-state index in [2.05, 4.69) is 9.50 Å². The molecule has 1 aromatic carbocycles. The van der Waals surface area contributed by atoms with Crippen molar-refractivity contribution in [2.45, 2.75) is 37.6 Å². The van der Waals surface area contributed by atoms with Crippen LogP contribution in [0.2, 0.25) is 0 Å². The third-order valence-corrected chi connectivity index (χ3v) is 4.19. The van der Waals surface area contributed by atoms with Crippen LogP contribution in [0.1, 0.15) is 6.92 Å². The minimum absolute atomic E-state index is 0.0731. The van der Waals surface area contributed by atoms with Gasteiger partial charge in [-0.2, -0.15) is 8.42 Å². The molecule has 1 heterocycles. The lowest BCUT2D eigenvalue weighted by molar-refractivity contribution is -0.384. The van der Waals surface area contributed by atoms with E-state index < -0.39 is 58.5 Å². The molecular formula is C14H18N2O11S. The van der Waals surface area contributed by atoms with Gasteiger partial charge in [0.05, 0.1) is 11.5 Å². The van der Waals surface area contributed by atoms with Crippen molar-refractivity contribution in [1.82, 2.24) is 5.32 Å². The Morgan fingerprint density at radius 1 is 1.29 bits per heavy atom. The summed E-state index contributed by atoms with van der Waals surface area (Å²) >= 11 is 0. The van der Waals surface area contributed by atoms with E-state index in [1.165, 1.54) is 12.1 Å². The summed E-state index contributed by atoms with van der Waals surface area (Å²) in [6, 6.07) is 3.52. The number of nitrogens with one attached hydrogen (secondary N) is 1. The molecule has 1 saturated heterocycles. The van der Waals surface area contributed by atoms with Gasteiger partial charge < -0.3 is 25.0 Å². The SMILES string of the molecule is CC(=O)N[C@H]1[C@H](Oc2ccc([N+](=O)[O-])cc2)O[C@H](COS(=O)(=O)O)[C@H](O)[C@@H]1O. The molecule has 4 N–H and O–H groups in total. The Bertz CT molecular complexity index is 813. The van der Waals surface area contributed by atoms with Crippen molar-refractivity contribution >= 4 is 22.0 Å². The van der Waals surface area contributed by atoms with Gasteiger partial charge in [-0.3, -0.25) is 19.5 Å². The number of hydrogen-bond donors (Lipinski definition) is 4. The van der Waals surface area contributed by atoms with E-state index in [0.717, 1.165) is 19.1 Å². The Hall–Kier alpha value is -2.36. The molecule has 1 aliphatic rings. The number of nitro benzene ring substituents is 1. The Morgan fingerprint density at radius 3 is 2.39 bits per heavy atom. The Balaban J connectivity index is 2.21. The molecule has 156 valence electrons. The van der Waals surface area contributed by atoms with E-state index >= 15 is 0 Å². The first-order valence-corrected chi connectivity index (χ1v) is 9.16. The quantitative estimate of drug-likeness (QED) is 0.233. The minimum Gasteiger partial charge on any atom is -0.463 e. The smallest absolute Gasteiger partial charge is 0.397 e. The van der Waals surface area contributed by atoms with Crippen LogP contribution in [-0.4, -0.2) is 71.3 Å². The highest BCUT2D eigenvalue weighted by Gasteiger charge is 2.46. The topological polar surface area (TPSA) is 195 Å². The van der Waals surface area contributed by atoms with Crippen LogP contribution in [0.4, 0.5) is 5.69 Å². The first-order valence-electron chi connectivity index (χ1n) is 7.79. The van der Waals surface area contributed by atoms with Crippen LogP contribution in [0, 0.1) is 10.1 Å². The highest BCUT2D eigenvalue weighted by Crippen LogP contribution is 2.26. The third-order valence-electron chi connectivity index (χ3n) is 3.75. The number of carbonyl (C=O) groups is 1. The maximum atomic E-state index is 11.4. The van der Waals surface area contributed by atoms with Gasteiger partial charge in [-0.1, -0.05) is 0 Å². The number of amides is 1. The van der Waals surface area contributed by atoms with Crippen LogP contribution < -0.4 is 10.1 Å². The number of ether oxygens (including phenoxy) is 2. The number of rotatable bonds is 7. The molecule has 5 atom stereocenters. The lowest BCUT2D eigenvalue weighted by Crippen LogP contribution is -2.65. The molecule has 0 aliphatic carbocycles. The maximum Gasteiger partial charge on any atom is 0.397 e. The summed E-state index contributed by atoms with van der Waals surface area (Å²) in [5.74, 6) is -0.506. The summed E-state index contributed by atoms with van der Waals surface area (Å²) in [6.07, 6.45) is -6.19. The molecule has 28 heavy (non-hydrogen) atoms. The van der Waals surface area contributed by atoms with Gasteiger partial charge >= 0.3 is 10.4 Å². The highest BCUT2D eigenvalue weighted by atomic mass is 32.3. The molecule has 2 rings (SSSR count). The molecule has 13 nitrogen and oxygen atoms in total. The summed E-state index contributed by atoms with van der Waals surface area (Å²) in [4.78, 5) is 21.5. The van der Waals surface area contributed by atoms with Gasteiger partial charge in [-0.25, -0.2) is 4.18 Å². The second-order valence-corrected chi connectivity index (χ2v) is 6.92. The van der Waals surface area contributed by atoms with E-state index in [4.69, 9.17) is 14.0 Å². The van der Waals surface area contributed by atoms with Crippen LogP contribution in [0.3, 0.4) is 0 Å². The van der Waals surface area contributed by atoms with Crippen LogP contribution in [-0.2, 0) is 24.1 Å². The maximum absolute atomic E-state index is 11.4. The number of aliphatic hydroxyl groups excluding tert-OH is 2. The fraction of sp³-hybridized carbons (Fsp3) is 0.500. The zero-order valence-corrected chi connectivity index (χ0v) is 15.2. The van der Waals surface area contributed by atoms with Gasteiger partial charge in [0.2, 0.25) is 12.2 Å². The predicted molar refractivity (Wildman–Crippen MR) is 89.5 cm³/mol. The largest absolute Gasteiger partial charge is 0.463 e. The molecule has 0 bridgehead atoms. The molecule has 0 unspecified atom stereocenters. The predicted octanol–water partition coefficient (Wildman–Crippen LogP) is -1.26. The number of non-ortho nitro benzene ring substituents is 1. The standard InChI is InChI=1S/C14H18N2O11S/c1-7(17)15-11-13(19)12(18)10(6-25-28(22,23)24)27-14(11)26-9-4-2-8(3-5-9)16(20)21/h2-5,10-14,18-19H,6H2,1H3,(H,15,17)(H,22,23,24)/t10-,11-,12+,13-,14-/m1/s1. The van der Waals surface area contributed by atoms with E-state index in [9.17, 15) is 33.5 Å².